The van der Waals surface area contributed by atoms with Crippen molar-refractivity contribution in [2.45, 2.75) is 101 Å². The molecule has 312 valence electrons. The summed E-state index contributed by atoms with van der Waals surface area (Å²) in [5.74, 6) is -2.57. The number of nitrogens with zero attached hydrogens (tertiary/aromatic N) is 3. The summed E-state index contributed by atoms with van der Waals surface area (Å²) in [6, 6.07) is 9.39. The summed E-state index contributed by atoms with van der Waals surface area (Å²) in [4.78, 5) is 15.3. The number of nitrogens with two attached hydrogens (primary N) is 1. The lowest BCUT2D eigenvalue weighted by atomic mass is 9.74. The fraction of sp³-hybridized carbons (Fsp3) is 0.477. The summed E-state index contributed by atoms with van der Waals surface area (Å²) in [6.07, 6.45) is 4.31. The Morgan fingerprint density at radius 2 is 1.88 bits per heavy atom. The lowest BCUT2D eigenvalue weighted by molar-refractivity contribution is -0.192. The first-order valence-corrected chi connectivity index (χ1v) is 20.6. The zero-order valence-electron chi connectivity index (χ0n) is 32.5. The van der Waals surface area contributed by atoms with Crippen LogP contribution in [0, 0.1) is 23.0 Å². The van der Waals surface area contributed by atoms with Gasteiger partial charge in [0.25, 0.3) is 0 Å². The van der Waals surface area contributed by atoms with Crippen molar-refractivity contribution in [1.29, 1.82) is 0 Å². The van der Waals surface area contributed by atoms with E-state index >= 15 is 4.39 Å². The number of rotatable bonds is 7. The van der Waals surface area contributed by atoms with Gasteiger partial charge >= 0.3 is 12.1 Å². The van der Waals surface area contributed by atoms with Crippen LogP contribution < -0.4 is 10.5 Å². The van der Waals surface area contributed by atoms with Gasteiger partial charge in [0.05, 0.1) is 23.4 Å². The molecule has 59 heavy (non-hydrogen) atoms. The minimum atomic E-state index is -5.08. The fourth-order valence-electron chi connectivity index (χ4n) is 10.8. The molecule has 8 nitrogen and oxygen atoms in total. The zero-order valence-corrected chi connectivity index (χ0v) is 33.3. The molecule has 5 aromatic rings. The number of aryl methyl sites for hydroxylation is 1. The highest BCUT2D eigenvalue weighted by Gasteiger charge is 2.64. The van der Waals surface area contributed by atoms with Crippen molar-refractivity contribution in [3.8, 4) is 16.9 Å². The van der Waals surface area contributed by atoms with Crippen LogP contribution in [0.2, 0.25) is 5.02 Å². The van der Waals surface area contributed by atoms with Crippen LogP contribution in [0.3, 0.4) is 0 Å². The van der Waals surface area contributed by atoms with E-state index in [0.29, 0.717) is 64.0 Å². The predicted molar refractivity (Wildman–Crippen MR) is 213 cm³/mol. The molecule has 3 aliphatic carbocycles. The summed E-state index contributed by atoms with van der Waals surface area (Å²) in [5.41, 5.74) is 12.2. The van der Waals surface area contributed by atoms with Crippen molar-refractivity contribution in [2.75, 3.05) is 25.4 Å². The molecule has 10 rings (SSSR count). The van der Waals surface area contributed by atoms with Gasteiger partial charge in [-0.05, 0) is 133 Å². The number of hydrogen-bond donors (Lipinski definition) is 3. The summed E-state index contributed by atoms with van der Waals surface area (Å²) < 4.78 is 85.7. The van der Waals surface area contributed by atoms with Crippen LogP contribution in [0.15, 0.2) is 42.7 Å². The van der Waals surface area contributed by atoms with Crippen LogP contribution in [-0.4, -0.2) is 68.7 Å². The number of alkyl halides is 4. The van der Waals surface area contributed by atoms with E-state index in [-0.39, 0.29) is 29.1 Å². The van der Waals surface area contributed by atoms with Crippen LogP contribution in [0.1, 0.15) is 98.8 Å². The number of hydrogen-bond acceptors (Lipinski definition) is 6. The SMILES string of the molecule is C[C@H]1CCc2cc(-c3c(C4CC45CC5)c(Cl)cc4[nH]ncc34)c(F)c3cc(OC[C@@]45CCCN4C[C@H](F)C5)cc(c23)C1[C@@H](C)c1cc(F)cnc1N.O=C(O)C(F)(F)F. The van der Waals surface area contributed by atoms with Crippen molar-refractivity contribution in [2.24, 2.45) is 11.3 Å². The van der Waals surface area contributed by atoms with Gasteiger partial charge in [-0.3, -0.25) is 10.00 Å². The molecule has 2 saturated heterocycles. The number of pyridine rings is 1. The molecular formula is C44H44ClF6N5O3. The molecule has 0 radical (unpaired) electrons. The Hall–Kier alpha value is -4.56. The lowest BCUT2D eigenvalue weighted by Crippen LogP contribution is -2.43. The van der Waals surface area contributed by atoms with Gasteiger partial charge in [-0.1, -0.05) is 25.4 Å². The van der Waals surface area contributed by atoms with Crippen molar-refractivity contribution in [3.05, 3.63) is 81.6 Å². The highest BCUT2D eigenvalue weighted by atomic mass is 35.5. The normalized spacial score (nSPS) is 26.1. The van der Waals surface area contributed by atoms with Gasteiger partial charge in [-0.2, -0.15) is 18.3 Å². The lowest BCUT2D eigenvalue weighted by Gasteiger charge is -2.33. The second-order valence-electron chi connectivity index (χ2n) is 17.6. The quantitative estimate of drug-likeness (QED) is 0.140. The number of nitrogens with one attached hydrogen (secondary N) is 1. The minimum Gasteiger partial charge on any atom is -0.492 e. The van der Waals surface area contributed by atoms with Crippen LogP contribution in [-0.2, 0) is 11.2 Å². The van der Waals surface area contributed by atoms with E-state index in [9.17, 15) is 22.0 Å². The van der Waals surface area contributed by atoms with Crippen LogP contribution >= 0.6 is 11.6 Å². The third-order valence-electron chi connectivity index (χ3n) is 14.0. The number of benzene rings is 3. The number of halogens is 7. The van der Waals surface area contributed by atoms with Gasteiger partial charge in [-0.25, -0.2) is 22.9 Å². The Bertz CT molecular complexity index is 2510. The van der Waals surface area contributed by atoms with Gasteiger partial charge in [-0.15, -0.1) is 0 Å². The van der Waals surface area contributed by atoms with Crippen molar-refractivity contribution in [3.63, 3.8) is 0 Å². The van der Waals surface area contributed by atoms with Gasteiger partial charge in [0.2, 0.25) is 0 Å². The molecule has 4 heterocycles. The summed E-state index contributed by atoms with van der Waals surface area (Å²) in [5, 5.41) is 17.5. The molecule has 3 aromatic carbocycles. The maximum Gasteiger partial charge on any atom is 0.490 e. The zero-order chi connectivity index (χ0) is 41.8. The molecule has 0 amide bonds. The molecule has 5 aliphatic rings. The maximum atomic E-state index is 17.8. The third kappa shape index (κ3) is 6.87. The van der Waals surface area contributed by atoms with Gasteiger partial charge in [0.1, 0.15) is 36.0 Å². The summed E-state index contributed by atoms with van der Waals surface area (Å²) in [6.45, 7) is 5.91. The van der Waals surface area contributed by atoms with Gasteiger partial charge in [0, 0.05) is 45.5 Å². The number of aromatic amines is 1. The maximum absolute atomic E-state index is 17.8. The number of aromatic nitrogens is 3. The first-order valence-electron chi connectivity index (χ1n) is 20.2. The number of fused-ring (bicyclic) bond motifs is 2. The highest BCUT2D eigenvalue weighted by Crippen LogP contribution is 2.76. The number of carboxylic acids is 1. The molecule has 2 aromatic heterocycles. The third-order valence-corrected chi connectivity index (χ3v) is 14.3. The first kappa shape index (κ1) is 39.9. The van der Waals surface area contributed by atoms with Crippen LogP contribution in [0.5, 0.6) is 5.75 Å². The van der Waals surface area contributed by atoms with Crippen LogP contribution in [0.25, 0.3) is 32.8 Å². The van der Waals surface area contributed by atoms with Crippen molar-refractivity contribution in [1.82, 2.24) is 20.1 Å². The van der Waals surface area contributed by atoms with E-state index in [4.69, 9.17) is 32.0 Å². The number of carboxylic acid groups (broad SMARTS) is 1. The number of H-pyrrole nitrogens is 1. The Balaban J connectivity index is 0.000000592. The van der Waals surface area contributed by atoms with Crippen LogP contribution in [0.4, 0.5) is 32.2 Å². The Morgan fingerprint density at radius 3 is 2.59 bits per heavy atom. The molecule has 1 spiro atoms. The average Bonchev–Trinajstić information content (AvgIpc) is 3.95. The second-order valence-corrected chi connectivity index (χ2v) is 18.0. The molecule has 6 atom stereocenters. The monoisotopic (exact) mass is 839 g/mol. The Kier molecular flexibility index (Phi) is 9.65. The van der Waals surface area contributed by atoms with E-state index < -0.39 is 24.1 Å². The van der Waals surface area contributed by atoms with Gasteiger partial charge < -0.3 is 15.6 Å². The van der Waals surface area contributed by atoms with E-state index in [2.05, 4.69) is 46.1 Å². The van der Waals surface area contributed by atoms with E-state index in [1.54, 1.807) is 6.20 Å². The number of ether oxygens (including phenoxy) is 1. The number of anilines is 1. The summed E-state index contributed by atoms with van der Waals surface area (Å²) in [7, 11) is 0. The highest BCUT2D eigenvalue weighted by molar-refractivity contribution is 6.33. The molecule has 0 bridgehead atoms. The Morgan fingerprint density at radius 1 is 1.12 bits per heavy atom. The molecular weight excluding hydrogens is 796 g/mol. The molecule has 4 N–H and O–H groups in total. The second kappa shape index (κ2) is 14.3. The number of nitrogen functional groups attached to an aromatic ring is 1. The average molecular weight is 840 g/mol. The topological polar surface area (TPSA) is 117 Å². The number of carbonyl (C=O) groups is 1. The predicted octanol–water partition coefficient (Wildman–Crippen LogP) is 10.6. The van der Waals surface area contributed by atoms with Crippen molar-refractivity contribution < 1.29 is 41.0 Å². The van der Waals surface area contributed by atoms with Crippen molar-refractivity contribution >= 4 is 45.1 Å². The van der Waals surface area contributed by atoms with E-state index in [1.807, 2.05) is 12.1 Å². The smallest absolute Gasteiger partial charge is 0.490 e. The Labute approximate surface area is 341 Å². The first-order chi connectivity index (χ1) is 28.0. The molecule has 2 unspecified atom stereocenters. The molecule has 4 fully saturated rings. The fourth-order valence-corrected chi connectivity index (χ4v) is 11.2. The minimum absolute atomic E-state index is 0.130. The van der Waals surface area contributed by atoms with E-state index in [0.717, 1.165) is 83.4 Å². The molecule has 15 heteroatoms. The van der Waals surface area contributed by atoms with E-state index in [1.165, 1.54) is 18.9 Å². The number of aliphatic carboxylic acids is 1. The molecule has 2 saturated carbocycles. The standard InChI is InChI=1S/C42H43ClF3N5O.C2HF3O2/c1-21-4-5-23-10-29(37-31-18-49-50-34(31)14-33(43)38(37)32-16-41(32)7-8-41)39(46)30-13-26(52-20-42-6-3-9-51(42)19-25(45)15-42)12-28(36(23)30)35(21)22(2)27-11-24(44)17-48-40(27)47;3-2(4,5)1(6)7/h10-14,17-18,21-22,25,32,35H,3-9,15-16,19-20H2,1-2H3,(H2,47,48)(H,49,50);(H,6,7)/t21-,22-,25+,32?,35?,42-;/m0./s1. The summed E-state index contributed by atoms with van der Waals surface area (Å²) >= 11 is 7.09. The van der Waals surface area contributed by atoms with Gasteiger partial charge in [0.15, 0.2) is 0 Å². The largest absolute Gasteiger partial charge is 0.492 e. The molecule has 2 aliphatic heterocycles.